The van der Waals surface area contributed by atoms with Gasteiger partial charge in [0.2, 0.25) is 5.91 Å². The second kappa shape index (κ2) is 5.57. The second-order valence-electron chi connectivity index (χ2n) is 6.40. The maximum absolute atomic E-state index is 12.1. The molecule has 1 unspecified atom stereocenters. The number of rotatable bonds is 2. The first-order chi connectivity index (χ1) is 8.47. The van der Waals surface area contributed by atoms with Crippen LogP contribution in [-0.2, 0) is 9.53 Å². The van der Waals surface area contributed by atoms with Crippen LogP contribution in [0.15, 0.2) is 0 Å². The van der Waals surface area contributed by atoms with E-state index in [0.717, 1.165) is 45.6 Å². The molecule has 0 N–H and O–H groups in total. The minimum atomic E-state index is 0.0751. The van der Waals surface area contributed by atoms with Gasteiger partial charge in [-0.2, -0.15) is 0 Å². The Kier molecular flexibility index (Phi) is 4.28. The third-order valence-corrected chi connectivity index (χ3v) is 3.95. The summed E-state index contributed by atoms with van der Waals surface area (Å²) in [4.78, 5) is 16.5. The normalized spacial score (nSPS) is 26.6. The molecule has 1 atom stereocenters. The highest BCUT2D eigenvalue weighted by Crippen LogP contribution is 2.20. The number of hydrogen-bond donors (Lipinski definition) is 0. The molecule has 18 heavy (non-hydrogen) atoms. The average Bonchev–Trinajstić information content (AvgIpc) is 2.81. The molecule has 0 bridgehead atoms. The smallest absolute Gasteiger partial charge is 0.225 e. The molecule has 0 radical (unpaired) electrons. The van der Waals surface area contributed by atoms with Crippen LogP contribution in [-0.4, -0.2) is 60.1 Å². The number of amides is 1. The lowest BCUT2D eigenvalue weighted by Crippen LogP contribution is -2.52. The van der Waals surface area contributed by atoms with Crippen molar-refractivity contribution in [1.29, 1.82) is 0 Å². The van der Waals surface area contributed by atoms with Gasteiger partial charge in [-0.15, -0.1) is 0 Å². The van der Waals surface area contributed by atoms with Crippen molar-refractivity contribution in [3.8, 4) is 0 Å². The van der Waals surface area contributed by atoms with Crippen molar-refractivity contribution in [3.63, 3.8) is 0 Å². The first-order valence-electron chi connectivity index (χ1n) is 7.11. The summed E-state index contributed by atoms with van der Waals surface area (Å²) >= 11 is 0. The first kappa shape index (κ1) is 13.8. The number of morpholine rings is 1. The number of likely N-dealkylation sites (tertiary alicyclic amines) is 1. The molecule has 0 aliphatic carbocycles. The fourth-order valence-corrected chi connectivity index (χ4v) is 2.74. The minimum absolute atomic E-state index is 0.0751. The number of ether oxygens (including phenoxy) is 1. The van der Waals surface area contributed by atoms with Crippen molar-refractivity contribution in [1.82, 2.24) is 9.80 Å². The predicted molar refractivity (Wildman–Crippen MR) is 71.5 cm³/mol. The molecule has 2 fully saturated rings. The van der Waals surface area contributed by atoms with Crippen molar-refractivity contribution in [3.05, 3.63) is 0 Å². The van der Waals surface area contributed by atoms with E-state index >= 15 is 0 Å². The van der Waals surface area contributed by atoms with Crippen LogP contribution in [0.3, 0.4) is 0 Å². The topological polar surface area (TPSA) is 32.8 Å². The molecule has 2 aliphatic rings. The van der Waals surface area contributed by atoms with Crippen molar-refractivity contribution >= 4 is 5.91 Å². The van der Waals surface area contributed by atoms with Gasteiger partial charge < -0.3 is 9.64 Å². The fraction of sp³-hybridized carbons (Fsp3) is 0.929. The van der Waals surface area contributed by atoms with Crippen LogP contribution < -0.4 is 0 Å². The number of hydrogen-bond acceptors (Lipinski definition) is 3. The third-order valence-electron chi connectivity index (χ3n) is 3.95. The Bertz CT molecular complexity index is 293. The van der Waals surface area contributed by atoms with E-state index in [-0.39, 0.29) is 17.6 Å². The Morgan fingerprint density at radius 3 is 2.50 bits per heavy atom. The molecule has 0 aromatic heterocycles. The van der Waals surface area contributed by atoms with E-state index in [1.54, 1.807) is 0 Å². The van der Waals surface area contributed by atoms with Gasteiger partial charge in [0.25, 0.3) is 0 Å². The molecule has 0 aromatic carbocycles. The Balaban J connectivity index is 1.83. The molecule has 2 aliphatic heterocycles. The highest BCUT2D eigenvalue weighted by atomic mass is 16.5. The van der Waals surface area contributed by atoms with Gasteiger partial charge >= 0.3 is 0 Å². The molecule has 2 saturated heterocycles. The summed E-state index contributed by atoms with van der Waals surface area (Å²) in [5.74, 6) is 0.272. The van der Waals surface area contributed by atoms with Crippen molar-refractivity contribution in [2.45, 2.75) is 51.7 Å². The second-order valence-corrected chi connectivity index (χ2v) is 6.40. The van der Waals surface area contributed by atoms with Crippen LogP contribution in [0.1, 0.15) is 40.0 Å². The number of carbonyl (C=O) groups is 1. The van der Waals surface area contributed by atoms with Crippen molar-refractivity contribution < 1.29 is 9.53 Å². The maximum Gasteiger partial charge on any atom is 0.225 e. The highest BCUT2D eigenvalue weighted by molar-refractivity contribution is 5.77. The Morgan fingerprint density at radius 1 is 1.22 bits per heavy atom. The Hall–Kier alpha value is -0.610. The van der Waals surface area contributed by atoms with E-state index in [9.17, 15) is 4.79 Å². The SMILES string of the molecule is CC(C)(C)N1CCOC(CC(=O)N2CCCC2)C1. The molecule has 4 nitrogen and oxygen atoms in total. The zero-order valence-corrected chi connectivity index (χ0v) is 11.9. The van der Waals surface area contributed by atoms with E-state index < -0.39 is 0 Å². The summed E-state index contributed by atoms with van der Waals surface area (Å²) in [5.41, 5.74) is 0.165. The van der Waals surface area contributed by atoms with E-state index in [0.29, 0.717) is 6.42 Å². The van der Waals surface area contributed by atoms with E-state index in [1.807, 2.05) is 4.90 Å². The lowest BCUT2D eigenvalue weighted by atomic mass is 10.0. The Morgan fingerprint density at radius 2 is 1.89 bits per heavy atom. The lowest BCUT2D eigenvalue weighted by Gasteiger charge is -2.41. The molecule has 104 valence electrons. The van der Waals surface area contributed by atoms with E-state index in [1.165, 1.54) is 0 Å². The van der Waals surface area contributed by atoms with Crippen LogP contribution in [0.5, 0.6) is 0 Å². The average molecular weight is 254 g/mol. The van der Waals surface area contributed by atoms with Gasteiger partial charge in [0.15, 0.2) is 0 Å². The zero-order valence-electron chi connectivity index (χ0n) is 11.9. The first-order valence-corrected chi connectivity index (χ1v) is 7.11. The molecular weight excluding hydrogens is 228 g/mol. The van der Waals surface area contributed by atoms with Gasteiger partial charge in [0.05, 0.1) is 19.1 Å². The van der Waals surface area contributed by atoms with Crippen LogP contribution in [0.4, 0.5) is 0 Å². The number of nitrogens with zero attached hydrogens (tertiary/aromatic N) is 2. The zero-order chi connectivity index (χ0) is 13.2. The maximum atomic E-state index is 12.1. The quantitative estimate of drug-likeness (QED) is 0.748. The molecule has 0 spiro atoms. The molecule has 2 rings (SSSR count). The molecule has 0 saturated carbocycles. The van der Waals surface area contributed by atoms with Crippen LogP contribution in [0.25, 0.3) is 0 Å². The largest absolute Gasteiger partial charge is 0.375 e. The summed E-state index contributed by atoms with van der Waals surface area (Å²) in [6.45, 7) is 11.1. The summed E-state index contributed by atoms with van der Waals surface area (Å²) in [7, 11) is 0. The third kappa shape index (κ3) is 3.45. The molecule has 0 aromatic rings. The van der Waals surface area contributed by atoms with Gasteiger partial charge in [-0.05, 0) is 33.6 Å². The molecular formula is C14H26N2O2. The molecule has 2 heterocycles. The highest BCUT2D eigenvalue weighted by Gasteiger charge is 2.30. The number of carbonyl (C=O) groups excluding carboxylic acids is 1. The fourth-order valence-electron chi connectivity index (χ4n) is 2.74. The van der Waals surface area contributed by atoms with Gasteiger partial charge in [-0.25, -0.2) is 0 Å². The summed E-state index contributed by atoms with van der Waals surface area (Å²) in [6.07, 6.45) is 2.94. The van der Waals surface area contributed by atoms with Gasteiger partial charge in [-0.3, -0.25) is 9.69 Å². The van der Waals surface area contributed by atoms with Gasteiger partial charge in [0.1, 0.15) is 0 Å². The van der Waals surface area contributed by atoms with E-state index in [4.69, 9.17) is 4.74 Å². The summed E-state index contributed by atoms with van der Waals surface area (Å²) < 4.78 is 5.74. The van der Waals surface area contributed by atoms with Crippen LogP contribution >= 0.6 is 0 Å². The van der Waals surface area contributed by atoms with Gasteiger partial charge in [0, 0.05) is 31.7 Å². The predicted octanol–water partition coefficient (Wildman–Crippen LogP) is 1.50. The summed E-state index contributed by atoms with van der Waals surface area (Å²) in [6, 6.07) is 0. The lowest BCUT2D eigenvalue weighted by molar-refractivity contribution is -0.136. The summed E-state index contributed by atoms with van der Waals surface area (Å²) in [5, 5.41) is 0. The van der Waals surface area contributed by atoms with Crippen molar-refractivity contribution in [2.75, 3.05) is 32.8 Å². The van der Waals surface area contributed by atoms with E-state index in [2.05, 4.69) is 25.7 Å². The monoisotopic (exact) mass is 254 g/mol. The van der Waals surface area contributed by atoms with Crippen LogP contribution in [0.2, 0.25) is 0 Å². The van der Waals surface area contributed by atoms with Crippen molar-refractivity contribution in [2.24, 2.45) is 0 Å². The minimum Gasteiger partial charge on any atom is -0.375 e. The standard InChI is InChI=1S/C14H26N2O2/c1-14(2,3)16-8-9-18-12(11-16)10-13(17)15-6-4-5-7-15/h12H,4-11H2,1-3H3. The van der Waals surface area contributed by atoms with Gasteiger partial charge in [-0.1, -0.05) is 0 Å². The molecule has 1 amide bonds. The molecule has 4 heteroatoms. The van der Waals surface area contributed by atoms with Crippen LogP contribution in [0, 0.1) is 0 Å². The Labute approximate surface area is 110 Å².